The van der Waals surface area contributed by atoms with Gasteiger partial charge in [0, 0.05) is 37.7 Å². The average molecular weight is 547 g/mol. The number of aliphatic carboxylic acids is 1. The molecule has 1 N–H and O–H groups in total. The Kier molecular flexibility index (Phi) is 10.5. The van der Waals surface area contributed by atoms with Gasteiger partial charge in [0.1, 0.15) is 0 Å². The average Bonchev–Trinajstić information content (AvgIpc) is 2.85. The Morgan fingerprint density at radius 1 is 1.13 bits per heavy atom. The molecule has 9 heteroatoms. The number of rotatable bonds is 13. The zero-order valence-electron chi connectivity index (χ0n) is 23.3. The SMILES string of the molecule is COCCCCc1cc(COC2CCC(CC(C)(C)C(=O)O)N(S(=O)(=O)c3ccc(C)cc3)C2)cc(C)n1. The third-order valence-electron chi connectivity index (χ3n) is 7.15. The molecule has 8 nitrogen and oxygen atoms in total. The number of nitrogens with zero attached hydrogens (tertiary/aromatic N) is 2. The molecule has 1 aliphatic rings. The fourth-order valence-electron chi connectivity index (χ4n) is 4.91. The van der Waals surface area contributed by atoms with Crippen LogP contribution in [0.5, 0.6) is 0 Å². The molecule has 1 saturated heterocycles. The predicted molar refractivity (Wildman–Crippen MR) is 146 cm³/mol. The molecule has 1 aliphatic heterocycles. The number of hydrogen-bond donors (Lipinski definition) is 1. The van der Waals surface area contributed by atoms with Gasteiger partial charge in [-0.1, -0.05) is 17.7 Å². The Labute approximate surface area is 227 Å². The lowest BCUT2D eigenvalue weighted by Gasteiger charge is -2.40. The van der Waals surface area contributed by atoms with Gasteiger partial charge in [-0.2, -0.15) is 4.31 Å². The molecule has 1 fully saturated rings. The van der Waals surface area contributed by atoms with Crippen LogP contribution >= 0.6 is 0 Å². The van der Waals surface area contributed by atoms with Gasteiger partial charge >= 0.3 is 5.97 Å². The van der Waals surface area contributed by atoms with E-state index in [2.05, 4.69) is 11.1 Å². The first-order chi connectivity index (χ1) is 17.9. The molecule has 210 valence electrons. The quantitative estimate of drug-likeness (QED) is 0.356. The third kappa shape index (κ3) is 8.09. The van der Waals surface area contributed by atoms with Crippen molar-refractivity contribution in [3.63, 3.8) is 0 Å². The fraction of sp³-hybridized carbons (Fsp3) is 0.586. The minimum absolute atomic E-state index is 0.185. The van der Waals surface area contributed by atoms with E-state index in [4.69, 9.17) is 9.47 Å². The maximum atomic E-state index is 13.7. The Morgan fingerprint density at radius 3 is 2.50 bits per heavy atom. The number of carbonyl (C=O) groups is 1. The van der Waals surface area contributed by atoms with Gasteiger partial charge in [0.05, 0.1) is 23.0 Å². The van der Waals surface area contributed by atoms with E-state index >= 15 is 0 Å². The van der Waals surface area contributed by atoms with E-state index in [1.165, 1.54) is 4.31 Å². The molecule has 0 saturated carbocycles. The lowest BCUT2D eigenvalue weighted by molar-refractivity contribution is -0.148. The smallest absolute Gasteiger partial charge is 0.309 e. The number of aryl methyl sites for hydroxylation is 3. The van der Waals surface area contributed by atoms with Gasteiger partial charge in [-0.3, -0.25) is 9.78 Å². The van der Waals surface area contributed by atoms with Gasteiger partial charge in [-0.05, 0) is 96.0 Å². The highest BCUT2D eigenvalue weighted by atomic mass is 32.2. The molecule has 38 heavy (non-hydrogen) atoms. The second kappa shape index (κ2) is 13.2. The first kappa shape index (κ1) is 30.2. The van der Waals surface area contributed by atoms with Gasteiger partial charge in [0.2, 0.25) is 10.0 Å². The number of sulfonamides is 1. The van der Waals surface area contributed by atoms with Crippen LogP contribution in [0.25, 0.3) is 0 Å². The Hall–Kier alpha value is -2.33. The van der Waals surface area contributed by atoms with E-state index in [0.717, 1.165) is 48.4 Å². The van der Waals surface area contributed by atoms with Crippen LogP contribution in [0, 0.1) is 19.3 Å². The Bertz CT molecular complexity index is 1180. The lowest BCUT2D eigenvalue weighted by Crippen LogP contribution is -2.51. The monoisotopic (exact) mass is 546 g/mol. The number of hydrogen-bond acceptors (Lipinski definition) is 6. The molecule has 3 rings (SSSR count). The van der Waals surface area contributed by atoms with Crippen LogP contribution in [0.3, 0.4) is 0 Å². The maximum Gasteiger partial charge on any atom is 0.309 e. The Morgan fingerprint density at radius 2 is 1.84 bits per heavy atom. The Balaban J connectivity index is 1.75. The predicted octanol–water partition coefficient (Wildman–Crippen LogP) is 4.91. The van der Waals surface area contributed by atoms with Gasteiger partial charge < -0.3 is 14.6 Å². The van der Waals surface area contributed by atoms with E-state index in [9.17, 15) is 18.3 Å². The van der Waals surface area contributed by atoms with Crippen molar-refractivity contribution < 1.29 is 27.8 Å². The summed E-state index contributed by atoms with van der Waals surface area (Å²) in [7, 11) is -2.13. The molecular weight excluding hydrogens is 504 g/mol. The van der Waals surface area contributed by atoms with Crippen molar-refractivity contribution >= 4 is 16.0 Å². The topological polar surface area (TPSA) is 106 Å². The summed E-state index contributed by atoms with van der Waals surface area (Å²) in [5, 5.41) is 9.69. The van der Waals surface area contributed by atoms with Crippen LogP contribution in [-0.4, -0.2) is 61.2 Å². The highest BCUT2D eigenvalue weighted by Crippen LogP contribution is 2.34. The molecule has 0 amide bonds. The summed E-state index contributed by atoms with van der Waals surface area (Å²) in [6.45, 7) is 8.45. The molecule has 1 aromatic carbocycles. The number of pyridine rings is 1. The second-order valence-electron chi connectivity index (χ2n) is 11.0. The zero-order valence-corrected chi connectivity index (χ0v) is 24.1. The summed E-state index contributed by atoms with van der Waals surface area (Å²) < 4.78 is 40.3. The fourth-order valence-corrected chi connectivity index (χ4v) is 6.60. The summed E-state index contributed by atoms with van der Waals surface area (Å²) in [4.78, 5) is 16.7. The largest absolute Gasteiger partial charge is 0.481 e. The minimum Gasteiger partial charge on any atom is -0.481 e. The first-order valence-corrected chi connectivity index (χ1v) is 14.8. The molecule has 2 unspecified atom stereocenters. The van der Waals surface area contributed by atoms with Crippen molar-refractivity contribution in [3.8, 4) is 0 Å². The summed E-state index contributed by atoms with van der Waals surface area (Å²) >= 11 is 0. The van der Waals surface area contributed by atoms with Crippen LogP contribution in [0.15, 0.2) is 41.3 Å². The van der Waals surface area contributed by atoms with E-state index in [1.54, 1.807) is 45.2 Å². The number of aromatic nitrogens is 1. The van der Waals surface area contributed by atoms with Crippen LogP contribution < -0.4 is 0 Å². The van der Waals surface area contributed by atoms with Crippen molar-refractivity contribution in [2.75, 3.05) is 20.3 Å². The van der Waals surface area contributed by atoms with Crippen molar-refractivity contribution in [2.24, 2.45) is 5.41 Å². The van der Waals surface area contributed by atoms with Gasteiger partial charge in [-0.25, -0.2) is 8.42 Å². The first-order valence-electron chi connectivity index (χ1n) is 13.3. The van der Waals surface area contributed by atoms with Crippen LogP contribution in [0.1, 0.15) is 68.5 Å². The molecular formula is C29H42N2O6S. The molecule has 2 aromatic rings. The van der Waals surface area contributed by atoms with E-state index in [-0.39, 0.29) is 24.0 Å². The molecule has 0 aliphatic carbocycles. The summed E-state index contributed by atoms with van der Waals surface area (Å²) in [5.41, 5.74) is 2.88. The van der Waals surface area contributed by atoms with Gasteiger partial charge in [0.25, 0.3) is 0 Å². The van der Waals surface area contributed by atoms with E-state index in [0.29, 0.717) is 19.4 Å². The molecule has 0 spiro atoms. The van der Waals surface area contributed by atoms with Crippen LogP contribution in [0.2, 0.25) is 0 Å². The number of piperidine rings is 1. The van der Waals surface area contributed by atoms with Crippen molar-refractivity contribution in [2.45, 2.75) is 89.9 Å². The summed E-state index contributed by atoms with van der Waals surface area (Å²) in [6, 6.07) is 10.4. The van der Waals surface area contributed by atoms with Crippen molar-refractivity contribution in [1.29, 1.82) is 0 Å². The van der Waals surface area contributed by atoms with Gasteiger partial charge in [0.15, 0.2) is 0 Å². The van der Waals surface area contributed by atoms with Crippen LogP contribution in [-0.2, 0) is 37.3 Å². The summed E-state index contributed by atoms with van der Waals surface area (Å²) in [6.07, 6.45) is 3.97. The third-order valence-corrected chi connectivity index (χ3v) is 9.08. The van der Waals surface area contributed by atoms with Crippen molar-refractivity contribution in [3.05, 3.63) is 58.9 Å². The molecule has 1 aromatic heterocycles. The molecule has 0 bridgehead atoms. The van der Waals surface area contributed by atoms with Crippen LogP contribution in [0.4, 0.5) is 0 Å². The maximum absolute atomic E-state index is 13.7. The normalized spacial score (nSPS) is 19.0. The number of methoxy groups -OCH3 is 1. The number of benzene rings is 1. The zero-order chi connectivity index (χ0) is 27.9. The molecule has 0 radical (unpaired) electrons. The summed E-state index contributed by atoms with van der Waals surface area (Å²) in [5.74, 6) is -0.936. The van der Waals surface area contributed by atoms with E-state index in [1.807, 2.05) is 19.9 Å². The molecule has 2 atom stereocenters. The molecule has 2 heterocycles. The number of ether oxygens (including phenoxy) is 2. The standard InChI is InChI=1S/C29H42N2O6S/c1-21-9-13-27(14-10-21)38(34,35)31-19-26(12-11-25(31)18-29(3,4)28(32)33)37-20-23-16-22(2)30-24(17-23)8-6-7-15-36-5/h9-10,13-14,16-17,25-26H,6-8,11-12,15,18-20H2,1-5H3,(H,32,33). The van der Waals surface area contributed by atoms with Crippen molar-refractivity contribution in [1.82, 2.24) is 9.29 Å². The second-order valence-corrected chi connectivity index (χ2v) is 12.9. The van der Waals surface area contributed by atoms with E-state index < -0.39 is 27.4 Å². The minimum atomic E-state index is -3.83. The van der Waals surface area contributed by atoms with Gasteiger partial charge in [-0.15, -0.1) is 0 Å². The lowest BCUT2D eigenvalue weighted by atomic mass is 9.83. The number of carboxylic acid groups (broad SMARTS) is 1. The highest BCUT2D eigenvalue weighted by Gasteiger charge is 2.41. The number of unbranched alkanes of at least 4 members (excludes halogenated alkanes) is 1. The number of carboxylic acids is 1. The highest BCUT2D eigenvalue weighted by molar-refractivity contribution is 7.89.